The number of methoxy groups -OCH3 is 3. The van der Waals surface area contributed by atoms with Gasteiger partial charge in [0.05, 0.1) is 69.5 Å². The number of hydrogen-bond donors (Lipinski definition) is 8. The molecule has 0 saturated carbocycles. The van der Waals surface area contributed by atoms with Crippen LogP contribution < -0.4 is 31.9 Å². The predicted octanol–water partition coefficient (Wildman–Crippen LogP) is 10.6. The van der Waals surface area contributed by atoms with Crippen molar-refractivity contribution in [2.45, 2.75) is 281 Å². The van der Waals surface area contributed by atoms with Gasteiger partial charge in [-0.2, -0.15) is 24.9 Å². The summed E-state index contributed by atoms with van der Waals surface area (Å²) < 4.78 is 100. The molecule has 0 bridgehead atoms. The van der Waals surface area contributed by atoms with E-state index in [0.29, 0.717) is 96.0 Å². The van der Waals surface area contributed by atoms with Gasteiger partial charge in [-0.05, 0) is 173 Å². The average Bonchev–Trinajstić information content (AvgIpc) is 1.58. The lowest BCUT2D eigenvalue weighted by Crippen LogP contribution is -2.47. The summed E-state index contributed by atoms with van der Waals surface area (Å²) in [6.45, 7) is 20.8. The number of alkyl halides is 3. The number of nitrogens with one attached hydrogen (secondary N) is 6. The molecule has 1 aromatic rings. The third-order valence-corrected chi connectivity index (χ3v) is 26.3. The van der Waals surface area contributed by atoms with Crippen LogP contribution in [0.4, 0.5) is 18.0 Å². The summed E-state index contributed by atoms with van der Waals surface area (Å²) in [6.07, 6.45) is 12.0. The van der Waals surface area contributed by atoms with Crippen molar-refractivity contribution in [1.29, 1.82) is 0 Å². The lowest BCUT2D eigenvalue weighted by molar-refractivity contribution is -0.167. The maximum atomic E-state index is 13.9. The molecule has 33 nitrogen and oxygen atoms in total. The van der Waals surface area contributed by atoms with Crippen molar-refractivity contribution in [3.63, 3.8) is 0 Å². The molecule has 0 aromatic heterocycles. The van der Waals surface area contributed by atoms with Crippen molar-refractivity contribution in [3.05, 3.63) is 83.5 Å². The molecule has 2 saturated heterocycles. The first-order valence-corrected chi connectivity index (χ1v) is 47.4. The number of hydrogen-bond acceptors (Lipinski definition) is 28. The number of benzene rings is 1. The van der Waals surface area contributed by atoms with E-state index >= 15 is 0 Å². The molecule has 4 aliphatic heterocycles. The Labute approximate surface area is 777 Å². The van der Waals surface area contributed by atoms with E-state index in [9.17, 15) is 66.5 Å². The van der Waals surface area contributed by atoms with Gasteiger partial charge < -0.3 is 94.3 Å². The number of aliphatic hydroxyl groups is 2. The second kappa shape index (κ2) is 60.4. The van der Waals surface area contributed by atoms with Crippen molar-refractivity contribution in [3.8, 4) is 0 Å². The SMILES string of the molecule is COCC(C(=O)O[C@@H]1C/C=C/C=C/C(=O)O[C@H]([C@@H](C)[C@@H](O)[C@@H](C)CC[C@@H](OC(=O)C(C)N(C)C)[C@H](C)[C@H](OC(C)=O)[C@H](C)C/C=N/OCC(=O)NCCCC[C@H](NC(=O)c2ccc(C3(C(F)(F)F)N=N3)cc2)C(=O)NCCCOCCOCCOCCCNC(=O)CCCC[C@@H]2SC[C@@H]3NC(=O)N[C@@H]32)C/C=C/[C@H](OC)C[C@H](C)C/C=C(\C)[C@@H](OC)CC[C@@H](C)[C@@H](O)[C@@H]1C)N(C)C. The quantitative estimate of drug-likeness (QED) is 0.00571. The first kappa shape index (κ1) is 114. The van der Waals surface area contributed by atoms with E-state index in [1.54, 1.807) is 71.3 Å². The number of ether oxygens (including phenoxy) is 10. The Balaban J connectivity index is 1.13. The molecule has 1 aromatic carbocycles. The van der Waals surface area contributed by atoms with Crippen LogP contribution in [0, 0.1) is 41.4 Å². The molecule has 0 spiro atoms. The highest BCUT2D eigenvalue weighted by molar-refractivity contribution is 8.00. The normalized spacial score (nSPS) is 25.1. The highest BCUT2D eigenvalue weighted by Gasteiger charge is 2.65. The number of unbranched alkanes of at least 4 members (excludes halogenated alkanes) is 2. The van der Waals surface area contributed by atoms with Crippen LogP contribution in [0.15, 0.2) is 87.8 Å². The van der Waals surface area contributed by atoms with E-state index in [0.717, 1.165) is 49.1 Å². The first-order valence-electron chi connectivity index (χ1n) is 46.3. The second-order valence-electron chi connectivity index (χ2n) is 35.6. The van der Waals surface area contributed by atoms with Gasteiger partial charge in [-0.1, -0.05) is 109 Å². The van der Waals surface area contributed by atoms with Gasteiger partial charge in [0, 0.05) is 133 Å². The Morgan fingerprint density at radius 2 is 1.42 bits per heavy atom. The zero-order valence-electron chi connectivity index (χ0n) is 80.1. The Morgan fingerprint density at radius 3 is 2.05 bits per heavy atom. The summed E-state index contributed by atoms with van der Waals surface area (Å²) >= 11 is 1.86. The number of fused-ring (bicyclic) bond motifs is 1. The van der Waals surface area contributed by atoms with Crippen LogP contribution >= 0.6 is 11.8 Å². The largest absolute Gasteiger partial charge is 0.462 e. The Bertz CT molecular complexity index is 3800. The molecule has 2 fully saturated rings. The van der Waals surface area contributed by atoms with Crippen LogP contribution in [0.2, 0.25) is 0 Å². The van der Waals surface area contributed by atoms with Crippen LogP contribution in [0.25, 0.3) is 0 Å². The van der Waals surface area contributed by atoms with Crippen LogP contribution in [0.3, 0.4) is 0 Å². The Hall–Kier alpha value is -7.98. The summed E-state index contributed by atoms with van der Waals surface area (Å²) in [5.41, 5.74) is -1.89. The van der Waals surface area contributed by atoms with Gasteiger partial charge in [0.25, 0.3) is 11.8 Å². The lowest BCUT2D eigenvalue weighted by Gasteiger charge is -2.35. The summed E-state index contributed by atoms with van der Waals surface area (Å²) in [5, 5.41) is 52.1. The van der Waals surface area contributed by atoms with Crippen molar-refractivity contribution >= 4 is 71.5 Å². The van der Waals surface area contributed by atoms with Crippen molar-refractivity contribution in [2.75, 3.05) is 128 Å². The fourth-order valence-corrected chi connectivity index (χ4v) is 17.4. The maximum absolute atomic E-state index is 13.9. The number of halogens is 3. The summed E-state index contributed by atoms with van der Waals surface area (Å²) in [5.74, 6) is -5.84. The zero-order chi connectivity index (χ0) is 96.8. The van der Waals surface area contributed by atoms with E-state index < -0.39 is 144 Å². The number of cyclic esters (lactones) is 1. The molecular formula is C94H152F3N11O22S. The minimum absolute atomic E-state index is 0.00290. The number of allylic oxidation sites excluding steroid dienone is 3. The molecule has 37 heteroatoms. The smallest absolute Gasteiger partial charge is 0.442 e. The Kier molecular flexibility index (Phi) is 52.3. The van der Waals surface area contributed by atoms with E-state index in [-0.39, 0.29) is 124 Å². The van der Waals surface area contributed by atoms with Gasteiger partial charge in [0.1, 0.15) is 42.5 Å². The van der Waals surface area contributed by atoms with Crippen molar-refractivity contribution in [1.82, 2.24) is 41.7 Å². The topological polar surface area (TPSA) is 411 Å². The van der Waals surface area contributed by atoms with Gasteiger partial charge in [-0.3, -0.25) is 43.4 Å². The van der Waals surface area contributed by atoms with Crippen LogP contribution in [-0.2, 0) is 91.4 Å². The van der Waals surface area contributed by atoms with Crippen LogP contribution in [0.1, 0.15) is 201 Å². The molecule has 2 unspecified atom stereocenters. The number of aliphatic hydroxyl groups excluding tert-OH is 2. The minimum atomic E-state index is -4.78. The van der Waals surface area contributed by atoms with Crippen molar-refractivity contribution < 1.29 is 119 Å². The number of thioether (sulfide) groups is 1. The number of carbonyl (C=O) groups excluding carboxylic acids is 9. The highest BCUT2D eigenvalue weighted by atomic mass is 32.2. The molecule has 4 aliphatic rings. The summed E-state index contributed by atoms with van der Waals surface area (Å²) in [4.78, 5) is 127. The number of urea groups is 1. The molecule has 4 heterocycles. The molecule has 131 heavy (non-hydrogen) atoms. The third-order valence-electron chi connectivity index (χ3n) is 24.8. The molecular weight excluding hydrogens is 1720 g/mol. The summed E-state index contributed by atoms with van der Waals surface area (Å²) in [6, 6.07) is 2.41. The minimum Gasteiger partial charge on any atom is -0.462 e. The van der Waals surface area contributed by atoms with Gasteiger partial charge in [0.15, 0.2) is 6.61 Å². The number of oxime groups is 1. The number of esters is 4. The van der Waals surface area contributed by atoms with Gasteiger partial charge >= 0.3 is 41.7 Å². The van der Waals surface area contributed by atoms with Gasteiger partial charge in [-0.25, -0.2) is 9.59 Å². The first-order chi connectivity index (χ1) is 62.4. The monoisotopic (exact) mass is 1880 g/mol. The van der Waals surface area contributed by atoms with E-state index in [1.165, 1.54) is 44.5 Å². The van der Waals surface area contributed by atoms with Gasteiger partial charge in [0.2, 0.25) is 11.8 Å². The molecule has 8 N–H and O–H groups in total. The predicted molar refractivity (Wildman–Crippen MR) is 491 cm³/mol. The average molecular weight is 1880 g/mol. The highest BCUT2D eigenvalue weighted by Crippen LogP contribution is 2.52. The zero-order valence-corrected chi connectivity index (χ0v) is 80.9. The van der Waals surface area contributed by atoms with E-state index in [1.807, 2.05) is 72.4 Å². The molecule has 5 rings (SSSR count). The standard InChI is InChI=1S/C94H152F3N11O22S/c1-60-35-36-61(2)76(122-17)43-37-62(3)86(114)66(7)78(130-91(118)75(57-120-15)108(13)14)30-19-18-20-34-83(112)128-77(31-25-28-72(56-60)121-16)65(6)85(113)63(4)38-44-79(129-90(117)68(9)107(11)12)67(8)87(127-69(10)109)64(5)45-49-101-126-58-82(111)99-46-24-23-29-73(102-88(115)70-39-41-71(42-40-70)93(105-106-93)94(95,96)97)89(116)100-48-27-51-124-53-55-125-54-52-123-50-26-47-98-81(110)33-22-21-32-80-84-74(59-131-80)103-92(119)104-84/h18-20,25,28,34,36,39-42,49,60,62-68,72-80,84-87,113-114H,21-24,26-27,29-33,35,37-38,43-48,50-59H2,1-17H3,(H,98,110)(H,99,111)(H,100,116)(H,102,115)(H2,103,104,119)/b19-18+,28-25+,34-20+,61-36+,101-49+/t60-,62-,63+,64-,65-,66-,67+,68?,72+,73+,74+,75?,76+,77+,78-,79-,80+,84+,85+,86-,87-/m1/s1. The maximum Gasteiger partial charge on any atom is 0.442 e. The number of amides is 6. The molecule has 742 valence electrons. The summed E-state index contributed by atoms with van der Waals surface area (Å²) in [7, 11) is 11.8. The number of likely N-dealkylation sites (N-methyl/N-ethyl adjacent to an activating group) is 2. The second-order valence-corrected chi connectivity index (χ2v) is 36.9. The molecule has 6 amide bonds. The number of carbonyl (C=O) groups is 9. The molecule has 0 aliphatic carbocycles. The fourth-order valence-electron chi connectivity index (χ4n) is 15.9. The third kappa shape index (κ3) is 40.6. The fraction of sp³-hybridized carbons (Fsp3) is 0.745. The lowest BCUT2D eigenvalue weighted by atomic mass is 9.82. The molecule has 21 atom stereocenters. The van der Waals surface area contributed by atoms with Gasteiger partial charge in [-0.15, -0.1) is 10.2 Å². The van der Waals surface area contributed by atoms with E-state index in [4.69, 9.17) is 52.2 Å². The van der Waals surface area contributed by atoms with Crippen LogP contribution in [0.5, 0.6) is 0 Å². The van der Waals surface area contributed by atoms with Crippen LogP contribution in [-0.4, -0.2) is 298 Å². The van der Waals surface area contributed by atoms with E-state index in [2.05, 4.69) is 60.3 Å². The number of rotatable bonds is 53. The molecule has 0 radical (unpaired) electrons. The number of nitrogens with zero attached hydrogens (tertiary/aromatic N) is 5. The van der Waals surface area contributed by atoms with Crippen molar-refractivity contribution in [2.24, 2.45) is 56.8 Å². The Morgan fingerprint density at radius 1 is 0.756 bits per heavy atom.